The molecule has 0 aliphatic carbocycles. The number of piperidine rings is 1. The molecule has 168 valence electrons. The summed E-state index contributed by atoms with van der Waals surface area (Å²) < 4.78 is 16.5. The van der Waals surface area contributed by atoms with Crippen LogP contribution < -0.4 is 19.5 Å². The first-order valence-electron chi connectivity index (χ1n) is 10.7. The minimum Gasteiger partial charge on any atom is -0.497 e. The van der Waals surface area contributed by atoms with Crippen LogP contribution in [-0.2, 0) is 0 Å². The van der Waals surface area contributed by atoms with Gasteiger partial charge >= 0.3 is 0 Å². The number of carbonyl (C=O) groups excluding carboxylic acids is 1. The van der Waals surface area contributed by atoms with Crippen molar-refractivity contribution in [2.45, 2.75) is 24.9 Å². The van der Waals surface area contributed by atoms with Crippen molar-refractivity contribution in [3.05, 3.63) is 46.7 Å². The van der Waals surface area contributed by atoms with Crippen LogP contribution in [0.1, 0.15) is 35.1 Å². The molecule has 8 nitrogen and oxygen atoms in total. The summed E-state index contributed by atoms with van der Waals surface area (Å²) in [6.45, 7) is 1.73. The van der Waals surface area contributed by atoms with Crippen LogP contribution in [-0.4, -0.2) is 60.7 Å². The zero-order valence-electron chi connectivity index (χ0n) is 18.0. The average Bonchev–Trinajstić information content (AvgIpc) is 3.23. The maximum absolute atomic E-state index is 13.0. The van der Waals surface area contributed by atoms with E-state index in [0.29, 0.717) is 30.3 Å². The second-order valence-electron chi connectivity index (χ2n) is 8.15. The summed E-state index contributed by atoms with van der Waals surface area (Å²) in [5, 5.41) is 3.43. The molecule has 2 aliphatic heterocycles. The number of halogens is 1. The molecular formula is C23H25ClN4O4. The topological polar surface area (TPSA) is 88.7 Å². The van der Waals surface area contributed by atoms with Gasteiger partial charge in [-0.1, -0.05) is 11.6 Å². The number of amides is 1. The van der Waals surface area contributed by atoms with Crippen molar-refractivity contribution in [1.29, 1.82) is 0 Å². The Balaban J connectivity index is 1.33. The van der Waals surface area contributed by atoms with Crippen molar-refractivity contribution in [3.8, 4) is 17.2 Å². The Kier molecular flexibility index (Phi) is 5.57. The van der Waals surface area contributed by atoms with E-state index >= 15 is 0 Å². The first-order valence-corrected chi connectivity index (χ1v) is 11.0. The van der Waals surface area contributed by atoms with Crippen LogP contribution in [0.4, 0.5) is 0 Å². The maximum atomic E-state index is 13.0. The quantitative estimate of drug-likeness (QED) is 0.624. The standard InChI is InChI=1S/C23H25ClN4O4/c1-28-8-7-13(11-18(28)22-26-16-5-3-14(30-2)12-17(16)27-22)25-23(29)15-4-6-19-21(20(15)24)32-10-9-31-19/h3-6,12-13,18H,7-11H2,1-2H3,(H,25,29)(H,26,27). The van der Waals surface area contributed by atoms with Crippen LogP contribution in [0.15, 0.2) is 30.3 Å². The molecule has 0 bridgehead atoms. The largest absolute Gasteiger partial charge is 0.497 e. The summed E-state index contributed by atoms with van der Waals surface area (Å²) in [6.07, 6.45) is 1.58. The number of likely N-dealkylation sites (tertiary alicyclic amines) is 1. The minimum atomic E-state index is -0.213. The lowest BCUT2D eigenvalue weighted by molar-refractivity contribution is 0.0883. The van der Waals surface area contributed by atoms with Crippen molar-refractivity contribution in [1.82, 2.24) is 20.2 Å². The molecule has 1 aromatic heterocycles. The van der Waals surface area contributed by atoms with E-state index in [1.54, 1.807) is 19.2 Å². The summed E-state index contributed by atoms with van der Waals surface area (Å²) in [7, 11) is 3.72. The van der Waals surface area contributed by atoms with Crippen molar-refractivity contribution >= 4 is 28.5 Å². The van der Waals surface area contributed by atoms with Gasteiger partial charge in [-0.3, -0.25) is 9.69 Å². The molecule has 2 aliphatic rings. The molecule has 5 rings (SSSR count). The van der Waals surface area contributed by atoms with E-state index < -0.39 is 0 Å². The van der Waals surface area contributed by atoms with Gasteiger partial charge in [-0.25, -0.2) is 4.98 Å². The lowest BCUT2D eigenvalue weighted by atomic mass is 9.96. The summed E-state index contributed by atoms with van der Waals surface area (Å²) in [6, 6.07) is 9.26. The van der Waals surface area contributed by atoms with Crippen LogP contribution in [0.3, 0.4) is 0 Å². The Morgan fingerprint density at radius 1 is 1.28 bits per heavy atom. The maximum Gasteiger partial charge on any atom is 0.253 e. The SMILES string of the molecule is COc1ccc2nc(C3CC(NC(=O)c4ccc5c(c4Cl)OCCO5)CCN3C)[nH]c2c1. The Labute approximate surface area is 190 Å². The van der Waals surface area contributed by atoms with E-state index in [4.69, 9.17) is 30.8 Å². The van der Waals surface area contributed by atoms with Crippen LogP contribution in [0.2, 0.25) is 5.02 Å². The number of benzene rings is 2. The monoisotopic (exact) mass is 456 g/mol. The Morgan fingerprint density at radius 3 is 2.97 bits per heavy atom. The smallest absolute Gasteiger partial charge is 0.253 e. The highest BCUT2D eigenvalue weighted by atomic mass is 35.5. The summed E-state index contributed by atoms with van der Waals surface area (Å²) in [4.78, 5) is 23.5. The van der Waals surface area contributed by atoms with Crippen LogP contribution in [0.25, 0.3) is 11.0 Å². The lowest BCUT2D eigenvalue weighted by Crippen LogP contribution is -2.45. The molecule has 0 radical (unpaired) electrons. The van der Waals surface area contributed by atoms with Crippen LogP contribution >= 0.6 is 11.6 Å². The first-order chi connectivity index (χ1) is 15.5. The minimum absolute atomic E-state index is 0.00397. The number of H-pyrrole nitrogens is 1. The third-order valence-electron chi connectivity index (χ3n) is 6.12. The molecule has 2 aromatic carbocycles. The zero-order chi connectivity index (χ0) is 22.2. The van der Waals surface area contributed by atoms with Gasteiger partial charge in [0.15, 0.2) is 11.5 Å². The lowest BCUT2D eigenvalue weighted by Gasteiger charge is -2.36. The predicted molar refractivity (Wildman–Crippen MR) is 121 cm³/mol. The average molecular weight is 457 g/mol. The van der Waals surface area contributed by atoms with E-state index in [-0.39, 0.29) is 23.0 Å². The highest BCUT2D eigenvalue weighted by Crippen LogP contribution is 2.39. The highest BCUT2D eigenvalue weighted by molar-refractivity contribution is 6.35. The van der Waals surface area contributed by atoms with Gasteiger partial charge < -0.3 is 24.5 Å². The molecule has 2 N–H and O–H groups in total. The van der Waals surface area contributed by atoms with Gasteiger partial charge in [-0.15, -0.1) is 0 Å². The van der Waals surface area contributed by atoms with E-state index in [1.165, 1.54) is 0 Å². The summed E-state index contributed by atoms with van der Waals surface area (Å²) >= 11 is 6.46. The number of rotatable bonds is 4. The van der Waals surface area contributed by atoms with E-state index in [1.807, 2.05) is 18.2 Å². The number of imidazole rings is 1. The van der Waals surface area contributed by atoms with Crippen LogP contribution in [0.5, 0.6) is 17.2 Å². The zero-order valence-corrected chi connectivity index (χ0v) is 18.7. The molecule has 1 fully saturated rings. The second-order valence-corrected chi connectivity index (χ2v) is 8.53. The van der Waals surface area contributed by atoms with Gasteiger partial charge in [0.2, 0.25) is 0 Å². The number of hydrogen-bond donors (Lipinski definition) is 2. The van der Waals surface area contributed by atoms with Gasteiger partial charge in [0.1, 0.15) is 24.8 Å². The molecule has 0 saturated carbocycles. The van der Waals surface area contributed by atoms with Gasteiger partial charge in [0.25, 0.3) is 5.91 Å². The van der Waals surface area contributed by atoms with Crippen LogP contribution in [0, 0.1) is 0 Å². The first kappa shape index (κ1) is 20.9. The number of aromatic amines is 1. The molecular weight excluding hydrogens is 432 g/mol. The number of ether oxygens (including phenoxy) is 3. The summed E-state index contributed by atoms with van der Waals surface area (Å²) in [5.41, 5.74) is 2.22. The van der Waals surface area contributed by atoms with E-state index in [2.05, 4.69) is 22.2 Å². The highest BCUT2D eigenvalue weighted by Gasteiger charge is 2.31. The third-order valence-corrected chi connectivity index (χ3v) is 6.50. The number of fused-ring (bicyclic) bond motifs is 2. The van der Waals surface area contributed by atoms with Crippen molar-refractivity contribution in [2.75, 3.05) is 33.9 Å². The van der Waals surface area contributed by atoms with Gasteiger partial charge in [-0.2, -0.15) is 0 Å². The second kappa shape index (κ2) is 8.52. The molecule has 9 heteroatoms. The number of methoxy groups -OCH3 is 1. The molecule has 2 atom stereocenters. The Bertz CT molecular complexity index is 1160. The molecule has 2 unspecified atom stereocenters. The fourth-order valence-corrected chi connectivity index (χ4v) is 4.64. The molecule has 1 amide bonds. The molecule has 0 spiro atoms. The number of nitrogens with zero attached hydrogens (tertiary/aromatic N) is 2. The van der Waals surface area contributed by atoms with E-state index in [9.17, 15) is 4.79 Å². The number of nitrogens with one attached hydrogen (secondary N) is 2. The number of aromatic nitrogens is 2. The normalized spacial score (nSPS) is 20.8. The molecule has 32 heavy (non-hydrogen) atoms. The third kappa shape index (κ3) is 3.84. The fourth-order valence-electron chi connectivity index (χ4n) is 4.35. The van der Waals surface area contributed by atoms with Crippen molar-refractivity contribution in [3.63, 3.8) is 0 Å². The summed E-state index contributed by atoms with van der Waals surface area (Å²) in [5.74, 6) is 2.45. The van der Waals surface area contributed by atoms with Gasteiger partial charge in [0, 0.05) is 18.7 Å². The van der Waals surface area contributed by atoms with Crippen molar-refractivity contribution < 1.29 is 19.0 Å². The van der Waals surface area contributed by atoms with Crippen molar-refractivity contribution in [2.24, 2.45) is 0 Å². The number of hydrogen-bond acceptors (Lipinski definition) is 6. The molecule has 3 heterocycles. The van der Waals surface area contributed by atoms with Gasteiger partial charge in [0.05, 0.1) is 34.8 Å². The Morgan fingerprint density at radius 2 is 2.12 bits per heavy atom. The number of carbonyl (C=O) groups is 1. The Hall–Kier alpha value is -2.97. The predicted octanol–water partition coefficient (Wildman–Crippen LogP) is 3.56. The fraction of sp³-hybridized carbons (Fsp3) is 0.391. The van der Waals surface area contributed by atoms with E-state index in [0.717, 1.165) is 42.0 Å². The molecule has 1 saturated heterocycles. The molecule has 3 aromatic rings. The van der Waals surface area contributed by atoms with Gasteiger partial charge in [-0.05, 0) is 44.2 Å².